The Kier molecular flexibility index (Phi) is 5.12. The van der Waals surface area contributed by atoms with Gasteiger partial charge in [0.05, 0.1) is 5.56 Å². The molecule has 2 aromatic carbocycles. The van der Waals surface area contributed by atoms with Crippen LogP contribution < -0.4 is 0 Å². The molecule has 0 amide bonds. The van der Waals surface area contributed by atoms with Crippen molar-refractivity contribution in [2.45, 2.75) is 0 Å². The molecule has 0 unspecified atom stereocenters. The first-order valence-corrected chi connectivity index (χ1v) is 5.14. The third-order valence-corrected chi connectivity index (χ3v) is 2.07. The number of phenols is 2. The summed E-state index contributed by atoms with van der Waals surface area (Å²) in [6.07, 6.45) is 1.31. The lowest BCUT2D eigenvalue weighted by Crippen LogP contribution is -1.78. The Hall–Kier alpha value is -2.62. The molecule has 4 heteroatoms. The Labute approximate surface area is 104 Å². The van der Waals surface area contributed by atoms with Crippen molar-refractivity contribution < 1.29 is 19.8 Å². The topological polar surface area (TPSA) is 74.6 Å². The monoisotopic (exact) mass is 244 g/mol. The molecule has 0 aromatic heterocycles. The van der Waals surface area contributed by atoms with Gasteiger partial charge < -0.3 is 10.2 Å². The van der Waals surface area contributed by atoms with Crippen LogP contribution in [0.4, 0.5) is 0 Å². The van der Waals surface area contributed by atoms with Gasteiger partial charge in [-0.05, 0) is 18.2 Å². The second-order valence-corrected chi connectivity index (χ2v) is 3.39. The molecular formula is C14H12O4. The molecule has 0 atom stereocenters. The van der Waals surface area contributed by atoms with Gasteiger partial charge in [-0.25, -0.2) is 0 Å². The molecule has 0 aliphatic heterocycles. The van der Waals surface area contributed by atoms with E-state index < -0.39 is 0 Å². The van der Waals surface area contributed by atoms with Crippen molar-refractivity contribution in [1.29, 1.82) is 0 Å². The van der Waals surface area contributed by atoms with Crippen LogP contribution in [-0.2, 0) is 0 Å². The zero-order valence-electron chi connectivity index (χ0n) is 9.48. The van der Waals surface area contributed by atoms with Crippen LogP contribution in [0.2, 0.25) is 0 Å². The molecule has 0 bridgehead atoms. The van der Waals surface area contributed by atoms with E-state index in [1.165, 1.54) is 18.2 Å². The van der Waals surface area contributed by atoms with Crippen molar-refractivity contribution in [1.82, 2.24) is 0 Å². The highest BCUT2D eigenvalue weighted by Gasteiger charge is 1.98. The lowest BCUT2D eigenvalue weighted by Gasteiger charge is -1.95. The SMILES string of the molecule is O=Cc1cc(O)ccc1O.O=Cc1ccccc1. The van der Waals surface area contributed by atoms with Gasteiger partial charge in [0.2, 0.25) is 0 Å². The number of carbonyl (C=O) groups is 2. The lowest BCUT2D eigenvalue weighted by molar-refractivity contribution is 0.111. The summed E-state index contributed by atoms with van der Waals surface area (Å²) >= 11 is 0. The van der Waals surface area contributed by atoms with Crippen LogP contribution in [0.15, 0.2) is 48.5 Å². The number of carbonyl (C=O) groups excluding carboxylic acids is 2. The standard InChI is InChI=1S/C7H6O3.C7H6O/c8-4-5-3-6(9)1-2-7(5)10;8-6-7-4-2-1-3-5-7/h1-4,9-10H;1-6H. The fourth-order valence-corrected chi connectivity index (χ4v) is 1.17. The number of hydrogen-bond acceptors (Lipinski definition) is 4. The minimum atomic E-state index is -0.118. The highest BCUT2D eigenvalue weighted by molar-refractivity contribution is 5.79. The molecule has 0 aliphatic rings. The van der Waals surface area contributed by atoms with Crippen molar-refractivity contribution in [3.63, 3.8) is 0 Å². The van der Waals surface area contributed by atoms with Crippen molar-refractivity contribution in [2.75, 3.05) is 0 Å². The van der Waals surface area contributed by atoms with Crippen molar-refractivity contribution >= 4 is 12.6 Å². The predicted molar refractivity (Wildman–Crippen MR) is 67.0 cm³/mol. The minimum Gasteiger partial charge on any atom is -0.508 e. The van der Waals surface area contributed by atoms with E-state index in [2.05, 4.69) is 0 Å². The summed E-state index contributed by atoms with van der Waals surface area (Å²) in [7, 11) is 0. The first-order chi connectivity index (χ1) is 8.67. The van der Waals surface area contributed by atoms with Crippen molar-refractivity contribution in [2.24, 2.45) is 0 Å². The van der Waals surface area contributed by atoms with Crippen LogP contribution in [0, 0.1) is 0 Å². The Balaban J connectivity index is 0.000000184. The summed E-state index contributed by atoms with van der Waals surface area (Å²) in [6, 6.07) is 12.9. The van der Waals surface area contributed by atoms with Crippen LogP contribution in [-0.4, -0.2) is 22.8 Å². The zero-order valence-corrected chi connectivity index (χ0v) is 9.48. The van der Waals surface area contributed by atoms with E-state index in [4.69, 9.17) is 10.2 Å². The maximum Gasteiger partial charge on any atom is 0.153 e. The molecule has 4 nitrogen and oxygen atoms in total. The maximum atomic E-state index is 10.1. The number of phenolic OH excluding ortho intramolecular Hbond substituents is 2. The van der Waals surface area contributed by atoms with Gasteiger partial charge in [0.1, 0.15) is 17.8 Å². The molecule has 0 saturated carbocycles. The second-order valence-electron chi connectivity index (χ2n) is 3.39. The Morgan fingerprint density at radius 3 is 1.94 bits per heavy atom. The third-order valence-electron chi connectivity index (χ3n) is 2.07. The fraction of sp³-hybridized carbons (Fsp3) is 0. The molecule has 0 fully saturated rings. The molecule has 92 valence electrons. The zero-order chi connectivity index (χ0) is 13.4. The average molecular weight is 244 g/mol. The molecule has 0 aliphatic carbocycles. The number of hydrogen-bond donors (Lipinski definition) is 2. The highest BCUT2D eigenvalue weighted by Crippen LogP contribution is 2.19. The summed E-state index contributed by atoms with van der Waals surface area (Å²) in [6.45, 7) is 0. The van der Waals surface area contributed by atoms with Crippen LogP contribution in [0.5, 0.6) is 11.5 Å². The Morgan fingerprint density at radius 1 is 0.833 bits per heavy atom. The maximum absolute atomic E-state index is 10.1. The van der Waals surface area contributed by atoms with E-state index in [-0.39, 0.29) is 17.1 Å². The van der Waals surface area contributed by atoms with E-state index in [9.17, 15) is 9.59 Å². The minimum absolute atomic E-state index is 0.0279. The number of aldehydes is 2. The van der Waals surface area contributed by atoms with Crippen LogP contribution in [0.1, 0.15) is 20.7 Å². The Morgan fingerprint density at radius 2 is 1.50 bits per heavy atom. The molecule has 2 aromatic rings. The molecule has 0 heterocycles. The predicted octanol–water partition coefficient (Wildman–Crippen LogP) is 2.41. The van der Waals surface area contributed by atoms with Gasteiger partial charge in [-0.3, -0.25) is 9.59 Å². The molecule has 2 N–H and O–H groups in total. The third kappa shape index (κ3) is 4.09. The van der Waals surface area contributed by atoms with E-state index in [1.807, 2.05) is 18.2 Å². The molecule has 0 spiro atoms. The first-order valence-electron chi connectivity index (χ1n) is 5.14. The van der Waals surface area contributed by atoms with Gasteiger partial charge in [-0.1, -0.05) is 30.3 Å². The van der Waals surface area contributed by atoms with E-state index in [0.29, 0.717) is 6.29 Å². The van der Waals surface area contributed by atoms with Crippen LogP contribution in [0.3, 0.4) is 0 Å². The summed E-state index contributed by atoms with van der Waals surface area (Å²) in [4.78, 5) is 20.1. The van der Waals surface area contributed by atoms with E-state index >= 15 is 0 Å². The lowest BCUT2D eigenvalue weighted by atomic mass is 10.2. The van der Waals surface area contributed by atoms with Gasteiger partial charge in [0.15, 0.2) is 6.29 Å². The molecule has 0 saturated heterocycles. The van der Waals surface area contributed by atoms with Crippen molar-refractivity contribution in [3.8, 4) is 11.5 Å². The molecule has 2 rings (SSSR count). The normalized spacial score (nSPS) is 8.89. The highest BCUT2D eigenvalue weighted by atomic mass is 16.3. The van der Waals surface area contributed by atoms with E-state index in [1.54, 1.807) is 12.1 Å². The molecule has 0 radical (unpaired) electrons. The van der Waals surface area contributed by atoms with Crippen molar-refractivity contribution in [3.05, 3.63) is 59.7 Å². The largest absolute Gasteiger partial charge is 0.508 e. The van der Waals surface area contributed by atoms with Crippen LogP contribution >= 0.6 is 0 Å². The van der Waals surface area contributed by atoms with Gasteiger partial charge >= 0.3 is 0 Å². The quantitative estimate of drug-likeness (QED) is 0.628. The average Bonchev–Trinajstić information content (AvgIpc) is 2.43. The summed E-state index contributed by atoms with van der Waals surface area (Å²) in [5.41, 5.74) is 0.826. The van der Waals surface area contributed by atoms with Crippen LogP contribution in [0.25, 0.3) is 0 Å². The molecular weight excluding hydrogens is 232 g/mol. The van der Waals surface area contributed by atoms with Gasteiger partial charge in [0.25, 0.3) is 0 Å². The number of rotatable bonds is 2. The smallest absolute Gasteiger partial charge is 0.153 e. The number of benzene rings is 2. The van der Waals surface area contributed by atoms with Gasteiger partial charge in [-0.2, -0.15) is 0 Å². The number of aromatic hydroxyl groups is 2. The first kappa shape index (κ1) is 13.4. The van der Waals surface area contributed by atoms with Gasteiger partial charge in [-0.15, -0.1) is 0 Å². The summed E-state index contributed by atoms with van der Waals surface area (Å²) in [5, 5.41) is 17.7. The fourth-order valence-electron chi connectivity index (χ4n) is 1.17. The Bertz CT molecular complexity index is 521. The summed E-state index contributed by atoms with van der Waals surface area (Å²) in [5.74, 6) is -0.146. The van der Waals surface area contributed by atoms with E-state index in [0.717, 1.165) is 11.8 Å². The second kappa shape index (κ2) is 6.85. The molecule has 18 heavy (non-hydrogen) atoms. The van der Waals surface area contributed by atoms with Gasteiger partial charge in [0, 0.05) is 5.56 Å². The summed E-state index contributed by atoms with van der Waals surface area (Å²) < 4.78 is 0.